The van der Waals surface area contributed by atoms with Gasteiger partial charge in [-0.15, -0.1) is 0 Å². The largest absolute Gasteiger partial charge is 0.393 e. The Bertz CT molecular complexity index is 272. The van der Waals surface area contributed by atoms with Crippen molar-refractivity contribution < 1.29 is 14.3 Å². The molecule has 0 N–H and O–H groups in total. The molecule has 0 aromatic carbocycles. The monoisotopic (exact) mass is 210 g/mol. The molecule has 1 saturated carbocycles. The first-order valence-corrected chi connectivity index (χ1v) is 5.98. The Morgan fingerprint density at radius 1 is 1.20 bits per heavy atom. The minimum atomic E-state index is -0.279. The van der Waals surface area contributed by atoms with Gasteiger partial charge in [0.15, 0.2) is 0 Å². The summed E-state index contributed by atoms with van der Waals surface area (Å²) in [6, 6.07) is 0. The summed E-state index contributed by atoms with van der Waals surface area (Å²) in [6.45, 7) is 2.18. The first kappa shape index (κ1) is 10.7. The lowest BCUT2D eigenvalue weighted by Crippen LogP contribution is -2.26. The number of hydrogen-bond donors (Lipinski definition) is 0. The Morgan fingerprint density at radius 2 is 1.93 bits per heavy atom. The zero-order valence-electron chi connectivity index (χ0n) is 9.20. The van der Waals surface area contributed by atoms with Gasteiger partial charge in [0.25, 0.3) is 0 Å². The van der Waals surface area contributed by atoms with Crippen molar-refractivity contribution in [2.75, 3.05) is 0 Å². The fourth-order valence-corrected chi connectivity index (χ4v) is 2.81. The molecule has 3 nitrogen and oxygen atoms in total. The number of unbranched alkanes of at least 4 members (excludes halogenated alkanes) is 1. The summed E-state index contributed by atoms with van der Waals surface area (Å²) in [5, 5.41) is 0. The van der Waals surface area contributed by atoms with E-state index >= 15 is 0 Å². The Hall–Kier alpha value is -0.860. The molecule has 0 amide bonds. The van der Waals surface area contributed by atoms with Crippen molar-refractivity contribution in [1.82, 2.24) is 0 Å². The Morgan fingerprint density at radius 3 is 2.67 bits per heavy atom. The molecule has 84 valence electrons. The van der Waals surface area contributed by atoms with Gasteiger partial charge in [-0.1, -0.05) is 26.2 Å². The van der Waals surface area contributed by atoms with Gasteiger partial charge in [0.1, 0.15) is 0 Å². The van der Waals surface area contributed by atoms with E-state index in [2.05, 4.69) is 11.7 Å². The van der Waals surface area contributed by atoms with Crippen LogP contribution in [0.3, 0.4) is 0 Å². The van der Waals surface area contributed by atoms with Crippen LogP contribution in [0.5, 0.6) is 0 Å². The van der Waals surface area contributed by atoms with Crippen LogP contribution in [0.1, 0.15) is 45.4 Å². The summed E-state index contributed by atoms with van der Waals surface area (Å²) in [4.78, 5) is 22.7. The van der Waals surface area contributed by atoms with Crippen molar-refractivity contribution >= 4 is 11.9 Å². The van der Waals surface area contributed by atoms with Gasteiger partial charge in [-0.2, -0.15) is 0 Å². The van der Waals surface area contributed by atoms with Gasteiger partial charge in [-0.25, -0.2) is 0 Å². The van der Waals surface area contributed by atoms with Crippen molar-refractivity contribution in [3.8, 4) is 0 Å². The highest BCUT2D eigenvalue weighted by atomic mass is 16.6. The minimum Gasteiger partial charge on any atom is -0.393 e. The lowest BCUT2D eigenvalue weighted by atomic mass is 9.74. The lowest BCUT2D eigenvalue weighted by Gasteiger charge is -2.27. The standard InChI is InChI=1S/C12H18O3/c1-2-3-4-8-5-6-9-10(7-8)12(14)15-11(9)13/h8-10H,2-7H2,1H3. The van der Waals surface area contributed by atoms with Crippen molar-refractivity contribution in [2.45, 2.75) is 45.4 Å². The highest BCUT2D eigenvalue weighted by Crippen LogP contribution is 2.40. The van der Waals surface area contributed by atoms with Crippen molar-refractivity contribution in [1.29, 1.82) is 0 Å². The second-order valence-corrected chi connectivity index (χ2v) is 4.77. The molecule has 2 fully saturated rings. The summed E-state index contributed by atoms with van der Waals surface area (Å²) in [5.74, 6) is -0.154. The average Bonchev–Trinajstić information content (AvgIpc) is 2.52. The van der Waals surface area contributed by atoms with Crippen LogP contribution in [0, 0.1) is 17.8 Å². The Balaban J connectivity index is 1.93. The number of carbonyl (C=O) groups is 2. The number of ether oxygens (including phenoxy) is 1. The second-order valence-electron chi connectivity index (χ2n) is 4.77. The van der Waals surface area contributed by atoms with Gasteiger partial charge in [0.05, 0.1) is 11.8 Å². The molecule has 0 aromatic heterocycles. The van der Waals surface area contributed by atoms with Crippen molar-refractivity contribution in [3.05, 3.63) is 0 Å². The molecule has 2 rings (SSSR count). The van der Waals surface area contributed by atoms with E-state index < -0.39 is 0 Å². The molecule has 3 atom stereocenters. The number of cyclic esters (lactones) is 2. The van der Waals surface area contributed by atoms with Gasteiger partial charge < -0.3 is 4.74 Å². The molecule has 1 heterocycles. The van der Waals surface area contributed by atoms with Crippen LogP contribution in [-0.2, 0) is 14.3 Å². The van der Waals surface area contributed by atoms with Crippen LogP contribution in [0.15, 0.2) is 0 Å². The maximum atomic E-state index is 11.4. The van der Waals surface area contributed by atoms with E-state index in [0.717, 1.165) is 19.3 Å². The highest BCUT2D eigenvalue weighted by Gasteiger charge is 2.47. The van der Waals surface area contributed by atoms with Crippen molar-refractivity contribution in [2.24, 2.45) is 17.8 Å². The quantitative estimate of drug-likeness (QED) is 0.530. The first-order valence-electron chi connectivity index (χ1n) is 5.98. The molecule has 0 aromatic rings. The van der Waals surface area contributed by atoms with E-state index in [-0.39, 0.29) is 23.8 Å². The molecule has 1 saturated heterocycles. The van der Waals surface area contributed by atoms with Crippen LogP contribution < -0.4 is 0 Å². The third-order valence-corrected chi connectivity index (χ3v) is 3.73. The van der Waals surface area contributed by atoms with Gasteiger partial charge in [0.2, 0.25) is 0 Å². The molecular weight excluding hydrogens is 192 g/mol. The lowest BCUT2D eigenvalue weighted by molar-refractivity contribution is -0.153. The first-order chi connectivity index (χ1) is 7.22. The zero-order valence-corrected chi connectivity index (χ0v) is 9.20. The van der Waals surface area contributed by atoms with Crippen LogP contribution >= 0.6 is 0 Å². The molecular formula is C12H18O3. The maximum absolute atomic E-state index is 11.4. The summed E-state index contributed by atoms with van der Waals surface area (Å²) in [7, 11) is 0. The number of esters is 2. The van der Waals surface area contributed by atoms with Gasteiger partial charge >= 0.3 is 11.9 Å². The Labute approximate surface area is 90.2 Å². The smallest absolute Gasteiger partial charge is 0.317 e. The van der Waals surface area contributed by atoms with Crippen molar-refractivity contribution in [3.63, 3.8) is 0 Å². The van der Waals surface area contributed by atoms with Crippen LogP contribution in [0.25, 0.3) is 0 Å². The topological polar surface area (TPSA) is 43.4 Å². The predicted molar refractivity (Wildman–Crippen MR) is 54.9 cm³/mol. The van der Waals surface area contributed by atoms with Crippen LogP contribution in [-0.4, -0.2) is 11.9 Å². The van der Waals surface area contributed by atoms with E-state index in [0.29, 0.717) is 5.92 Å². The van der Waals surface area contributed by atoms with Crippen LogP contribution in [0.2, 0.25) is 0 Å². The number of rotatable bonds is 3. The average molecular weight is 210 g/mol. The molecule has 1 aliphatic carbocycles. The van der Waals surface area contributed by atoms with E-state index in [1.165, 1.54) is 19.3 Å². The second kappa shape index (κ2) is 4.33. The molecule has 2 aliphatic rings. The van der Waals surface area contributed by atoms with E-state index in [1.54, 1.807) is 0 Å². The fraction of sp³-hybridized carbons (Fsp3) is 0.833. The normalized spacial score (nSPS) is 35.1. The Kier molecular flexibility index (Phi) is 3.08. The summed E-state index contributed by atoms with van der Waals surface area (Å²) >= 11 is 0. The fourth-order valence-electron chi connectivity index (χ4n) is 2.81. The zero-order chi connectivity index (χ0) is 10.8. The minimum absolute atomic E-state index is 0.115. The summed E-state index contributed by atoms with van der Waals surface area (Å²) < 4.78 is 4.68. The number of fused-ring (bicyclic) bond motifs is 1. The third kappa shape index (κ3) is 2.06. The van der Waals surface area contributed by atoms with Gasteiger partial charge in [0, 0.05) is 0 Å². The maximum Gasteiger partial charge on any atom is 0.317 e. The number of hydrogen-bond acceptors (Lipinski definition) is 3. The molecule has 1 aliphatic heterocycles. The highest BCUT2D eigenvalue weighted by molar-refractivity contribution is 5.96. The molecule has 15 heavy (non-hydrogen) atoms. The number of carbonyl (C=O) groups excluding carboxylic acids is 2. The molecule has 0 bridgehead atoms. The third-order valence-electron chi connectivity index (χ3n) is 3.73. The summed E-state index contributed by atoms with van der Waals surface area (Å²) in [6.07, 6.45) is 6.43. The molecule has 3 heteroatoms. The summed E-state index contributed by atoms with van der Waals surface area (Å²) in [5.41, 5.74) is 0. The van der Waals surface area contributed by atoms with Gasteiger partial charge in [-0.3, -0.25) is 9.59 Å². The van der Waals surface area contributed by atoms with Crippen LogP contribution in [0.4, 0.5) is 0 Å². The SMILES string of the molecule is CCCCC1CCC2C(=O)OC(=O)C2C1. The predicted octanol–water partition coefficient (Wildman–Crippen LogP) is 2.29. The van der Waals surface area contributed by atoms with E-state index in [9.17, 15) is 9.59 Å². The van der Waals surface area contributed by atoms with E-state index in [4.69, 9.17) is 0 Å². The molecule has 0 spiro atoms. The molecule has 3 unspecified atom stereocenters. The van der Waals surface area contributed by atoms with E-state index in [1.807, 2.05) is 0 Å². The van der Waals surface area contributed by atoms with Gasteiger partial charge in [-0.05, 0) is 25.2 Å². The molecule has 0 radical (unpaired) electrons.